The Morgan fingerprint density at radius 2 is 2.31 bits per heavy atom. The van der Waals surface area contributed by atoms with Gasteiger partial charge in [-0.2, -0.15) is 0 Å². The zero-order valence-corrected chi connectivity index (χ0v) is 9.27. The van der Waals surface area contributed by atoms with Crippen LogP contribution < -0.4 is 4.74 Å². The molecule has 2 aromatic heterocycles. The van der Waals surface area contributed by atoms with Crippen LogP contribution in [0.15, 0.2) is 29.1 Å². The SMILES string of the molecule is COCOc1nocc1-c1ccc(Cl)nc1. The van der Waals surface area contributed by atoms with Gasteiger partial charge in [0.15, 0.2) is 6.79 Å². The van der Waals surface area contributed by atoms with Crippen LogP contribution in [0.3, 0.4) is 0 Å². The van der Waals surface area contributed by atoms with E-state index in [1.165, 1.54) is 13.4 Å². The van der Waals surface area contributed by atoms with Gasteiger partial charge >= 0.3 is 0 Å². The Bertz CT molecular complexity index is 455. The molecular weight excluding hydrogens is 232 g/mol. The highest BCUT2D eigenvalue weighted by atomic mass is 35.5. The van der Waals surface area contributed by atoms with E-state index in [1.807, 2.05) is 6.07 Å². The van der Waals surface area contributed by atoms with Crippen molar-refractivity contribution in [3.05, 3.63) is 29.7 Å². The third-order valence-electron chi connectivity index (χ3n) is 1.89. The van der Waals surface area contributed by atoms with Crippen LogP contribution in [0.1, 0.15) is 0 Å². The second-order valence-electron chi connectivity index (χ2n) is 2.95. The predicted octanol–water partition coefficient (Wildman–Crippen LogP) is 2.37. The van der Waals surface area contributed by atoms with Crippen LogP contribution in [0.4, 0.5) is 0 Å². The Labute approximate surface area is 96.9 Å². The molecule has 0 fully saturated rings. The van der Waals surface area contributed by atoms with Crippen molar-refractivity contribution < 1.29 is 14.0 Å². The molecule has 16 heavy (non-hydrogen) atoms. The van der Waals surface area contributed by atoms with Crippen molar-refractivity contribution in [1.29, 1.82) is 0 Å². The number of halogens is 1. The maximum absolute atomic E-state index is 5.70. The molecule has 5 nitrogen and oxygen atoms in total. The molecule has 0 bridgehead atoms. The molecule has 0 aliphatic heterocycles. The van der Waals surface area contributed by atoms with Gasteiger partial charge in [-0.1, -0.05) is 11.6 Å². The van der Waals surface area contributed by atoms with Gasteiger partial charge in [0.2, 0.25) is 0 Å². The normalized spacial score (nSPS) is 10.4. The van der Waals surface area contributed by atoms with E-state index in [4.69, 9.17) is 25.6 Å². The fourth-order valence-corrected chi connectivity index (χ4v) is 1.28. The Morgan fingerprint density at radius 3 is 3.00 bits per heavy atom. The standard InChI is InChI=1S/C10H9ClN2O3/c1-14-6-15-10-8(5-16-13-10)7-2-3-9(11)12-4-7/h2-5H,6H2,1H3. The minimum absolute atomic E-state index is 0.112. The lowest BCUT2D eigenvalue weighted by Crippen LogP contribution is -1.99. The van der Waals surface area contributed by atoms with E-state index in [2.05, 4.69) is 10.1 Å². The topological polar surface area (TPSA) is 57.4 Å². The summed E-state index contributed by atoms with van der Waals surface area (Å²) in [6, 6.07) is 3.49. The Balaban J connectivity index is 2.26. The molecule has 0 aromatic carbocycles. The highest BCUT2D eigenvalue weighted by Crippen LogP contribution is 2.28. The molecule has 0 spiro atoms. The second-order valence-corrected chi connectivity index (χ2v) is 3.34. The minimum atomic E-state index is 0.112. The van der Waals surface area contributed by atoms with E-state index in [0.29, 0.717) is 16.6 Å². The van der Waals surface area contributed by atoms with E-state index in [0.717, 1.165) is 5.56 Å². The molecule has 0 unspecified atom stereocenters. The summed E-state index contributed by atoms with van der Waals surface area (Å²) >= 11 is 5.70. The first-order chi connectivity index (χ1) is 7.81. The average Bonchev–Trinajstić information content (AvgIpc) is 2.75. The first-order valence-electron chi connectivity index (χ1n) is 4.49. The van der Waals surface area contributed by atoms with Crippen molar-refractivity contribution in [2.45, 2.75) is 0 Å². The molecule has 0 saturated carbocycles. The van der Waals surface area contributed by atoms with Gasteiger partial charge in [-0.25, -0.2) is 4.98 Å². The lowest BCUT2D eigenvalue weighted by Gasteiger charge is -2.02. The molecule has 2 heterocycles. The number of methoxy groups -OCH3 is 1. The summed E-state index contributed by atoms with van der Waals surface area (Å²) in [5, 5.41) is 4.14. The zero-order chi connectivity index (χ0) is 11.4. The molecule has 84 valence electrons. The van der Waals surface area contributed by atoms with Crippen LogP contribution in [-0.4, -0.2) is 24.0 Å². The van der Waals surface area contributed by atoms with Crippen molar-refractivity contribution >= 4 is 11.6 Å². The van der Waals surface area contributed by atoms with Crippen LogP contribution in [0.25, 0.3) is 11.1 Å². The summed E-state index contributed by atoms with van der Waals surface area (Å²) in [7, 11) is 1.53. The number of ether oxygens (including phenoxy) is 2. The number of hydrogen-bond donors (Lipinski definition) is 0. The lowest BCUT2D eigenvalue weighted by atomic mass is 10.2. The van der Waals surface area contributed by atoms with Gasteiger partial charge in [0.05, 0.1) is 5.56 Å². The van der Waals surface area contributed by atoms with Crippen molar-refractivity contribution in [1.82, 2.24) is 10.1 Å². The fourth-order valence-electron chi connectivity index (χ4n) is 1.17. The summed E-state index contributed by atoms with van der Waals surface area (Å²) < 4.78 is 14.8. The second kappa shape index (κ2) is 4.96. The molecule has 0 aliphatic carbocycles. The number of aromatic nitrogens is 2. The van der Waals surface area contributed by atoms with Gasteiger partial charge in [0, 0.05) is 18.9 Å². The zero-order valence-electron chi connectivity index (χ0n) is 8.51. The lowest BCUT2D eigenvalue weighted by molar-refractivity contribution is 0.0457. The van der Waals surface area contributed by atoms with Crippen LogP contribution >= 0.6 is 11.6 Å². The van der Waals surface area contributed by atoms with Gasteiger partial charge in [0.25, 0.3) is 5.88 Å². The van der Waals surface area contributed by atoms with Crippen molar-refractivity contribution in [3.63, 3.8) is 0 Å². The Kier molecular flexibility index (Phi) is 3.38. The van der Waals surface area contributed by atoms with E-state index in [-0.39, 0.29) is 6.79 Å². The summed E-state index contributed by atoms with van der Waals surface area (Å²) in [4.78, 5) is 3.97. The highest BCUT2D eigenvalue weighted by Gasteiger charge is 2.11. The molecule has 0 radical (unpaired) electrons. The molecule has 0 N–H and O–H groups in total. The third kappa shape index (κ3) is 2.32. The van der Waals surface area contributed by atoms with Crippen LogP contribution in [0.2, 0.25) is 5.15 Å². The van der Waals surface area contributed by atoms with Crippen molar-refractivity contribution in [3.8, 4) is 17.0 Å². The van der Waals surface area contributed by atoms with E-state index < -0.39 is 0 Å². The Morgan fingerprint density at radius 1 is 1.44 bits per heavy atom. The summed E-state index contributed by atoms with van der Waals surface area (Å²) in [6.07, 6.45) is 3.10. The summed E-state index contributed by atoms with van der Waals surface area (Å²) in [6.45, 7) is 0.112. The van der Waals surface area contributed by atoms with Gasteiger partial charge < -0.3 is 14.0 Å². The number of hydrogen-bond acceptors (Lipinski definition) is 5. The molecule has 0 atom stereocenters. The van der Waals surface area contributed by atoms with Crippen molar-refractivity contribution in [2.24, 2.45) is 0 Å². The third-order valence-corrected chi connectivity index (χ3v) is 2.11. The molecule has 6 heteroatoms. The predicted molar refractivity (Wildman–Crippen MR) is 57.2 cm³/mol. The average molecular weight is 241 g/mol. The monoisotopic (exact) mass is 240 g/mol. The molecular formula is C10H9ClN2O3. The number of nitrogens with zero attached hydrogens (tertiary/aromatic N) is 2. The smallest absolute Gasteiger partial charge is 0.264 e. The van der Waals surface area contributed by atoms with E-state index in [1.54, 1.807) is 12.3 Å². The molecule has 2 rings (SSSR count). The van der Waals surface area contributed by atoms with Crippen LogP contribution in [-0.2, 0) is 4.74 Å². The van der Waals surface area contributed by atoms with Crippen LogP contribution in [0, 0.1) is 0 Å². The maximum atomic E-state index is 5.70. The largest absolute Gasteiger partial charge is 0.448 e. The quantitative estimate of drug-likeness (QED) is 0.607. The molecule has 0 amide bonds. The summed E-state index contributed by atoms with van der Waals surface area (Å²) in [5.74, 6) is 0.367. The Hall–Kier alpha value is -1.59. The fraction of sp³-hybridized carbons (Fsp3) is 0.200. The van der Waals surface area contributed by atoms with Gasteiger partial charge in [-0.3, -0.25) is 0 Å². The van der Waals surface area contributed by atoms with Crippen LogP contribution in [0.5, 0.6) is 5.88 Å². The number of pyridine rings is 1. The first-order valence-corrected chi connectivity index (χ1v) is 4.87. The highest BCUT2D eigenvalue weighted by molar-refractivity contribution is 6.29. The summed E-state index contributed by atoms with van der Waals surface area (Å²) in [5.41, 5.74) is 1.53. The van der Waals surface area contributed by atoms with E-state index in [9.17, 15) is 0 Å². The minimum Gasteiger partial charge on any atom is -0.448 e. The first kappa shape index (κ1) is 10.9. The van der Waals surface area contributed by atoms with Gasteiger partial charge in [-0.15, -0.1) is 0 Å². The molecule has 0 saturated heterocycles. The molecule has 0 aliphatic rings. The van der Waals surface area contributed by atoms with Gasteiger partial charge in [0.1, 0.15) is 11.4 Å². The van der Waals surface area contributed by atoms with Gasteiger partial charge in [-0.05, 0) is 17.3 Å². The van der Waals surface area contributed by atoms with Crippen molar-refractivity contribution in [2.75, 3.05) is 13.9 Å². The maximum Gasteiger partial charge on any atom is 0.264 e. The number of rotatable bonds is 4. The van der Waals surface area contributed by atoms with E-state index >= 15 is 0 Å². The molecule has 2 aromatic rings.